The topological polar surface area (TPSA) is 56.7 Å². The van der Waals surface area contributed by atoms with E-state index in [1.54, 1.807) is 12.3 Å². The lowest BCUT2D eigenvalue weighted by Crippen LogP contribution is -2.45. The fraction of sp³-hybridized carbons (Fsp3) is 0.524. The molecule has 4 rings (SSSR count). The number of rotatable bonds is 3. The number of likely N-dealkylation sites (tertiary alicyclic amines) is 2. The molecule has 1 aromatic heterocycles. The van der Waals surface area contributed by atoms with Crippen LogP contribution in [0.15, 0.2) is 30.5 Å². The molecule has 138 valence electrons. The highest BCUT2D eigenvalue weighted by Gasteiger charge is 2.31. The van der Waals surface area contributed by atoms with E-state index >= 15 is 0 Å². The third-order valence-corrected chi connectivity index (χ3v) is 6.20. The molecule has 5 heteroatoms. The summed E-state index contributed by atoms with van der Waals surface area (Å²) in [5.41, 5.74) is 0.859. The van der Waals surface area contributed by atoms with E-state index in [-0.39, 0.29) is 11.7 Å². The van der Waals surface area contributed by atoms with Crippen LogP contribution in [0.2, 0.25) is 0 Å². The van der Waals surface area contributed by atoms with Crippen LogP contribution in [0, 0.1) is 5.92 Å². The third kappa shape index (κ3) is 3.16. The number of phenolic OH excluding ortho intramolecular Hbond substituents is 1. The highest BCUT2D eigenvalue weighted by Crippen LogP contribution is 2.30. The second kappa shape index (κ2) is 7.23. The standard InChI is InChI=1S/C21H27N3O2/c1-15(23-11-2-3-12-23)16-8-13-24(14-9-16)21(26)18-7-6-17-5-4-10-22-19(17)20(18)25/h4-7,10,15-16,25H,2-3,8-9,11-14H2,1H3. The van der Waals surface area contributed by atoms with E-state index in [0.717, 1.165) is 31.3 Å². The predicted octanol–water partition coefficient (Wildman–Crippen LogP) is 3.28. The summed E-state index contributed by atoms with van der Waals surface area (Å²) in [5, 5.41) is 11.4. The lowest BCUT2D eigenvalue weighted by molar-refractivity contribution is 0.0621. The van der Waals surface area contributed by atoms with Gasteiger partial charge in [0.15, 0.2) is 5.75 Å². The van der Waals surface area contributed by atoms with Crippen LogP contribution < -0.4 is 0 Å². The number of amides is 1. The molecule has 0 radical (unpaired) electrons. The van der Waals surface area contributed by atoms with E-state index in [4.69, 9.17) is 0 Å². The van der Waals surface area contributed by atoms with Crippen LogP contribution >= 0.6 is 0 Å². The largest absolute Gasteiger partial charge is 0.505 e. The lowest BCUT2D eigenvalue weighted by atomic mass is 9.89. The molecule has 3 heterocycles. The summed E-state index contributed by atoms with van der Waals surface area (Å²) in [6.45, 7) is 6.31. The molecule has 1 amide bonds. The summed E-state index contributed by atoms with van der Waals surface area (Å²) >= 11 is 0. The van der Waals surface area contributed by atoms with Gasteiger partial charge in [-0.3, -0.25) is 9.78 Å². The maximum absolute atomic E-state index is 12.9. The van der Waals surface area contributed by atoms with Gasteiger partial charge in [0, 0.05) is 30.7 Å². The van der Waals surface area contributed by atoms with Gasteiger partial charge < -0.3 is 14.9 Å². The number of aromatic nitrogens is 1. The number of phenols is 1. The molecule has 2 aliphatic rings. The number of carbonyl (C=O) groups is 1. The average molecular weight is 353 g/mol. The fourth-order valence-corrected chi connectivity index (χ4v) is 4.50. The molecule has 5 nitrogen and oxygen atoms in total. The van der Waals surface area contributed by atoms with Crippen LogP contribution in [0.3, 0.4) is 0 Å². The van der Waals surface area contributed by atoms with Crippen LogP contribution in [-0.4, -0.2) is 58.0 Å². The van der Waals surface area contributed by atoms with Crippen LogP contribution in [0.1, 0.15) is 43.0 Å². The Morgan fingerprint density at radius 1 is 1.15 bits per heavy atom. The molecule has 0 bridgehead atoms. The van der Waals surface area contributed by atoms with Crippen LogP contribution in [0.5, 0.6) is 5.75 Å². The lowest BCUT2D eigenvalue weighted by Gasteiger charge is -2.38. The number of fused-ring (bicyclic) bond motifs is 1. The molecule has 2 aromatic rings. The Morgan fingerprint density at radius 3 is 2.62 bits per heavy atom. The smallest absolute Gasteiger partial charge is 0.257 e. The van der Waals surface area contributed by atoms with Crippen molar-refractivity contribution in [3.8, 4) is 5.75 Å². The normalized spacial score (nSPS) is 20.6. The van der Waals surface area contributed by atoms with Gasteiger partial charge in [0.2, 0.25) is 0 Å². The predicted molar refractivity (Wildman–Crippen MR) is 102 cm³/mol. The number of pyridine rings is 1. The second-order valence-electron chi connectivity index (χ2n) is 7.65. The van der Waals surface area contributed by atoms with Gasteiger partial charge in [0.05, 0.1) is 5.56 Å². The minimum atomic E-state index is -0.0812. The van der Waals surface area contributed by atoms with E-state index in [1.165, 1.54) is 25.9 Å². The number of carbonyl (C=O) groups excluding carboxylic acids is 1. The Morgan fingerprint density at radius 2 is 1.88 bits per heavy atom. The molecule has 26 heavy (non-hydrogen) atoms. The molecule has 0 saturated carbocycles. The summed E-state index contributed by atoms with van der Waals surface area (Å²) < 4.78 is 0. The van der Waals surface area contributed by atoms with Gasteiger partial charge >= 0.3 is 0 Å². The fourth-order valence-electron chi connectivity index (χ4n) is 4.50. The number of hydrogen-bond acceptors (Lipinski definition) is 4. The van der Waals surface area contributed by atoms with Crippen molar-refractivity contribution in [2.45, 2.75) is 38.6 Å². The van der Waals surface area contributed by atoms with Crippen LogP contribution in [0.4, 0.5) is 0 Å². The van der Waals surface area contributed by atoms with Gasteiger partial charge in [-0.25, -0.2) is 0 Å². The molecule has 1 atom stereocenters. The summed E-state index contributed by atoms with van der Waals surface area (Å²) in [6, 6.07) is 7.91. The molecule has 2 saturated heterocycles. The van der Waals surface area contributed by atoms with E-state index in [2.05, 4.69) is 16.8 Å². The van der Waals surface area contributed by atoms with Gasteiger partial charge in [-0.15, -0.1) is 0 Å². The van der Waals surface area contributed by atoms with Crippen molar-refractivity contribution in [2.75, 3.05) is 26.2 Å². The van der Waals surface area contributed by atoms with E-state index in [0.29, 0.717) is 23.0 Å². The number of benzene rings is 1. The minimum absolute atomic E-state index is 0.000609. The number of piperidine rings is 1. The molecule has 0 spiro atoms. The third-order valence-electron chi connectivity index (χ3n) is 6.20. The minimum Gasteiger partial charge on any atom is -0.505 e. The van der Waals surface area contributed by atoms with Crippen molar-refractivity contribution in [1.29, 1.82) is 0 Å². The molecule has 1 unspecified atom stereocenters. The van der Waals surface area contributed by atoms with Crippen LogP contribution in [0.25, 0.3) is 10.9 Å². The van der Waals surface area contributed by atoms with Gasteiger partial charge in [-0.05, 0) is 63.7 Å². The number of nitrogens with zero attached hydrogens (tertiary/aromatic N) is 3. The summed E-state index contributed by atoms with van der Waals surface area (Å²) in [7, 11) is 0. The van der Waals surface area contributed by atoms with Gasteiger partial charge in [-0.2, -0.15) is 0 Å². The number of aromatic hydroxyl groups is 1. The molecule has 1 aromatic carbocycles. The van der Waals surface area contributed by atoms with E-state index in [9.17, 15) is 9.90 Å². The summed E-state index contributed by atoms with van der Waals surface area (Å²) in [5.74, 6) is 0.576. The Labute approximate surface area is 154 Å². The summed E-state index contributed by atoms with van der Waals surface area (Å²) in [4.78, 5) is 21.6. The molecule has 2 aliphatic heterocycles. The molecule has 1 N–H and O–H groups in total. The quantitative estimate of drug-likeness (QED) is 0.920. The first-order valence-corrected chi connectivity index (χ1v) is 9.75. The summed E-state index contributed by atoms with van der Waals surface area (Å²) in [6.07, 6.45) is 6.35. The van der Waals surface area contributed by atoms with E-state index < -0.39 is 0 Å². The highest BCUT2D eigenvalue weighted by atomic mass is 16.3. The Hall–Kier alpha value is -2.14. The Balaban J connectivity index is 1.44. The van der Waals surface area contributed by atoms with Crippen molar-refractivity contribution in [3.63, 3.8) is 0 Å². The Kier molecular flexibility index (Phi) is 4.81. The van der Waals surface area contributed by atoms with Crippen molar-refractivity contribution < 1.29 is 9.90 Å². The average Bonchev–Trinajstić information content (AvgIpc) is 3.22. The molecule has 0 aliphatic carbocycles. The van der Waals surface area contributed by atoms with Crippen LogP contribution in [-0.2, 0) is 0 Å². The van der Waals surface area contributed by atoms with Crippen molar-refractivity contribution in [1.82, 2.24) is 14.8 Å². The molecular formula is C21H27N3O2. The zero-order valence-electron chi connectivity index (χ0n) is 15.4. The Bertz CT molecular complexity index is 793. The zero-order valence-corrected chi connectivity index (χ0v) is 15.4. The first-order chi connectivity index (χ1) is 12.6. The van der Waals surface area contributed by atoms with Gasteiger partial charge in [0.25, 0.3) is 5.91 Å². The van der Waals surface area contributed by atoms with Crippen molar-refractivity contribution in [3.05, 3.63) is 36.0 Å². The monoisotopic (exact) mass is 353 g/mol. The maximum atomic E-state index is 12.9. The zero-order chi connectivity index (χ0) is 18.1. The highest BCUT2D eigenvalue weighted by molar-refractivity contribution is 6.02. The molecular weight excluding hydrogens is 326 g/mol. The molecule has 2 fully saturated rings. The van der Waals surface area contributed by atoms with Gasteiger partial charge in [0.1, 0.15) is 5.52 Å². The first-order valence-electron chi connectivity index (χ1n) is 9.75. The van der Waals surface area contributed by atoms with Gasteiger partial charge in [-0.1, -0.05) is 12.1 Å². The second-order valence-corrected chi connectivity index (χ2v) is 7.65. The SMILES string of the molecule is CC(C1CCN(C(=O)c2ccc3cccnc3c2O)CC1)N1CCCC1. The van der Waals surface area contributed by atoms with E-state index in [1.807, 2.05) is 23.1 Å². The van der Waals surface area contributed by atoms with Crippen molar-refractivity contribution >= 4 is 16.8 Å². The maximum Gasteiger partial charge on any atom is 0.257 e. The van der Waals surface area contributed by atoms with Crippen molar-refractivity contribution in [2.24, 2.45) is 5.92 Å². The number of hydrogen-bond donors (Lipinski definition) is 1. The first kappa shape index (κ1) is 17.3.